The van der Waals surface area contributed by atoms with Crippen LogP contribution >= 0.6 is 0 Å². The number of nitrogens with two attached hydrogens (primary N) is 1. The molecule has 0 aliphatic rings. The quantitative estimate of drug-likeness (QED) is 0.276. The number of anilines is 1. The first-order valence-electron chi connectivity index (χ1n) is 14.6. The first-order valence-corrected chi connectivity index (χ1v) is 14.6. The van der Waals surface area contributed by atoms with Crippen LogP contribution in [0.3, 0.4) is 0 Å². The maximum absolute atomic E-state index is 14.5. The molecular formula is C33H48N4O5. The lowest BCUT2D eigenvalue weighted by Gasteiger charge is -2.39. The number of carbonyl (C=O) groups excluding carboxylic acids is 4. The van der Waals surface area contributed by atoms with Crippen molar-refractivity contribution in [2.45, 2.75) is 105 Å². The van der Waals surface area contributed by atoms with Crippen molar-refractivity contribution in [1.82, 2.24) is 10.2 Å². The molecule has 3 atom stereocenters. The van der Waals surface area contributed by atoms with Gasteiger partial charge in [-0.05, 0) is 83.9 Å². The summed E-state index contributed by atoms with van der Waals surface area (Å²) in [6.45, 7) is 15.1. The molecule has 2 rings (SSSR count). The largest absolute Gasteiger partial charge is 0.444 e. The zero-order valence-electron chi connectivity index (χ0n) is 26.3. The fourth-order valence-corrected chi connectivity index (χ4v) is 4.68. The number of nitrogens with one attached hydrogen (secondary N) is 2. The van der Waals surface area contributed by atoms with Crippen LogP contribution < -0.4 is 16.4 Å². The summed E-state index contributed by atoms with van der Waals surface area (Å²) in [5.41, 5.74) is 7.72. The van der Waals surface area contributed by atoms with E-state index < -0.39 is 35.6 Å². The average molecular weight is 581 g/mol. The van der Waals surface area contributed by atoms with Gasteiger partial charge < -0.3 is 26.0 Å². The molecule has 0 saturated carbocycles. The molecule has 2 aromatic carbocycles. The minimum atomic E-state index is -1.15. The molecule has 0 bridgehead atoms. The molecule has 0 aliphatic heterocycles. The molecule has 0 fully saturated rings. The smallest absolute Gasteiger partial charge is 0.408 e. The number of hydrogen-bond donors (Lipinski definition) is 3. The third kappa shape index (κ3) is 10.8. The van der Waals surface area contributed by atoms with E-state index in [2.05, 4.69) is 24.5 Å². The maximum atomic E-state index is 14.5. The molecule has 0 aromatic heterocycles. The Labute approximate surface area is 250 Å². The fraction of sp³-hybridized carbons (Fsp3) is 0.515. The molecule has 4 amide bonds. The predicted octanol–water partition coefficient (Wildman–Crippen LogP) is 5.80. The summed E-state index contributed by atoms with van der Waals surface area (Å²) >= 11 is 0. The summed E-state index contributed by atoms with van der Waals surface area (Å²) in [7, 11) is 0. The van der Waals surface area contributed by atoms with Crippen LogP contribution in [0.25, 0.3) is 0 Å². The fourth-order valence-electron chi connectivity index (χ4n) is 4.68. The Hall–Kier alpha value is -3.88. The van der Waals surface area contributed by atoms with Crippen molar-refractivity contribution in [3.05, 3.63) is 65.2 Å². The SMILES string of the molecule is Cc1cccc(C(C(=O)Nc2ccccc2C)N(C(=O)C(CCC(N)=O)NC(=O)OC(C)(C)C)C(C)CCC(C)C)c1. The van der Waals surface area contributed by atoms with Crippen LogP contribution in [0, 0.1) is 19.8 Å². The molecule has 0 aliphatic carbocycles. The van der Waals surface area contributed by atoms with E-state index >= 15 is 0 Å². The van der Waals surface area contributed by atoms with E-state index in [9.17, 15) is 19.2 Å². The Balaban J connectivity index is 2.65. The summed E-state index contributed by atoms with van der Waals surface area (Å²) in [6, 6.07) is 12.4. The highest BCUT2D eigenvalue weighted by Gasteiger charge is 2.39. The van der Waals surface area contributed by atoms with E-state index in [0.717, 1.165) is 17.5 Å². The number of rotatable bonds is 13. The minimum Gasteiger partial charge on any atom is -0.444 e. The number of para-hydroxylation sites is 1. The van der Waals surface area contributed by atoms with Crippen LogP contribution in [0.2, 0.25) is 0 Å². The molecule has 42 heavy (non-hydrogen) atoms. The van der Waals surface area contributed by atoms with Gasteiger partial charge in [0, 0.05) is 18.2 Å². The van der Waals surface area contributed by atoms with Crippen LogP contribution in [0.15, 0.2) is 48.5 Å². The van der Waals surface area contributed by atoms with Gasteiger partial charge in [-0.15, -0.1) is 0 Å². The highest BCUT2D eigenvalue weighted by molar-refractivity contribution is 5.99. The third-order valence-corrected chi connectivity index (χ3v) is 6.85. The lowest BCUT2D eigenvalue weighted by molar-refractivity contribution is -0.143. The van der Waals surface area contributed by atoms with Crippen LogP contribution in [-0.2, 0) is 19.1 Å². The molecule has 0 saturated heterocycles. The standard InChI is InChI=1S/C33H48N4O5/c1-21(2)16-17-24(5)37(31(40)27(18-19-28(34)38)36-32(41)42-33(6,7)8)29(25-14-11-12-22(3)20-25)30(39)35-26-15-10-9-13-23(26)4/h9-15,20-21,24,27,29H,16-19H2,1-8H3,(H2,34,38)(H,35,39)(H,36,41). The van der Waals surface area contributed by atoms with Crippen molar-refractivity contribution in [3.63, 3.8) is 0 Å². The van der Waals surface area contributed by atoms with Gasteiger partial charge in [-0.25, -0.2) is 4.79 Å². The van der Waals surface area contributed by atoms with Gasteiger partial charge in [0.2, 0.25) is 11.8 Å². The van der Waals surface area contributed by atoms with E-state index in [-0.39, 0.29) is 24.8 Å². The molecule has 9 heteroatoms. The van der Waals surface area contributed by atoms with Crippen molar-refractivity contribution in [2.75, 3.05) is 5.32 Å². The van der Waals surface area contributed by atoms with E-state index in [4.69, 9.17) is 10.5 Å². The van der Waals surface area contributed by atoms with Gasteiger partial charge in [0.25, 0.3) is 5.91 Å². The molecule has 9 nitrogen and oxygen atoms in total. The number of benzene rings is 2. The van der Waals surface area contributed by atoms with Crippen molar-refractivity contribution < 1.29 is 23.9 Å². The topological polar surface area (TPSA) is 131 Å². The number of ether oxygens (including phenoxy) is 1. The Morgan fingerprint density at radius 2 is 1.60 bits per heavy atom. The van der Waals surface area contributed by atoms with E-state index in [0.29, 0.717) is 23.6 Å². The highest BCUT2D eigenvalue weighted by atomic mass is 16.6. The summed E-state index contributed by atoms with van der Waals surface area (Å²) in [6.07, 6.45) is 0.469. The normalized spacial score (nSPS) is 13.5. The lowest BCUT2D eigenvalue weighted by atomic mass is 9.95. The van der Waals surface area contributed by atoms with E-state index in [1.807, 2.05) is 69.3 Å². The average Bonchev–Trinajstić information content (AvgIpc) is 2.87. The monoisotopic (exact) mass is 580 g/mol. The maximum Gasteiger partial charge on any atom is 0.408 e. The number of alkyl carbamates (subject to hydrolysis) is 1. The van der Waals surface area contributed by atoms with Gasteiger partial charge in [-0.1, -0.05) is 61.9 Å². The van der Waals surface area contributed by atoms with E-state index in [1.54, 1.807) is 25.7 Å². The summed E-state index contributed by atoms with van der Waals surface area (Å²) in [5.74, 6) is -1.12. The Morgan fingerprint density at radius 3 is 2.17 bits per heavy atom. The summed E-state index contributed by atoms with van der Waals surface area (Å²) in [4.78, 5) is 54.8. The number of primary amides is 1. The third-order valence-electron chi connectivity index (χ3n) is 6.85. The molecule has 3 unspecified atom stereocenters. The molecular weight excluding hydrogens is 532 g/mol. The van der Waals surface area contributed by atoms with Gasteiger partial charge in [-0.3, -0.25) is 14.4 Å². The second kappa shape index (κ2) is 15.4. The Morgan fingerprint density at radius 1 is 0.929 bits per heavy atom. The Kier molecular flexibility index (Phi) is 12.6. The highest BCUT2D eigenvalue weighted by Crippen LogP contribution is 2.30. The minimum absolute atomic E-state index is 0.0409. The second-order valence-corrected chi connectivity index (χ2v) is 12.4. The van der Waals surface area contributed by atoms with Crippen molar-refractivity contribution in [1.29, 1.82) is 0 Å². The molecule has 0 radical (unpaired) electrons. The van der Waals surface area contributed by atoms with Crippen LogP contribution in [0.4, 0.5) is 10.5 Å². The first kappa shape index (κ1) is 34.3. The first-order chi connectivity index (χ1) is 19.6. The van der Waals surface area contributed by atoms with Crippen molar-refractivity contribution >= 4 is 29.5 Å². The number of hydrogen-bond acceptors (Lipinski definition) is 5. The molecule has 0 spiro atoms. The number of aryl methyl sites for hydroxylation is 2. The van der Waals surface area contributed by atoms with Crippen LogP contribution in [0.5, 0.6) is 0 Å². The van der Waals surface area contributed by atoms with Gasteiger partial charge in [0.15, 0.2) is 0 Å². The van der Waals surface area contributed by atoms with Gasteiger partial charge in [0.1, 0.15) is 17.7 Å². The second-order valence-electron chi connectivity index (χ2n) is 12.4. The zero-order chi connectivity index (χ0) is 31.6. The molecule has 4 N–H and O–H groups in total. The van der Waals surface area contributed by atoms with Gasteiger partial charge in [-0.2, -0.15) is 0 Å². The van der Waals surface area contributed by atoms with Gasteiger partial charge >= 0.3 is 6.09 Å². The Bertz CT molecular complexity index is 1240. The molecule has 0 heterocycles. The number of carbonyl (C=O) groups is 4. The van der Waals surface area contributed by atoms with Crippen molar-refractivity contribution in [2.24, 2.45) is 11.7 Å². The van der Waals surface area contributed by atoms with E-state index in [1.165, 1.54) is 0 Å². The lowest BCUT2D eigenvalue weighted by Crippen LogP contribution is -2.55. The molecule has 2 aromatic rings. The van der Waals surface area contributed by atoms with Crippen LogP contribution in [0.1, 0.15) is 90.0 Å². The van der Waals surface area contributed by atoms with Gasteiger partial charge in [0.05, 0.1) is 0 Å². The summed E-state index contributed by atoms with van der Waals surface area (Å²) < 4.78 is 5.43. The predicted molar refractivity (Wildman–Crippen MR) is 166 cm³/mol. The van der Waals surface area contributed by atoms with Crippen molar-refractivity contribution in [3.8, 4) is 0 Å². The van der Waals surface area contributed by atoms with Crippen LogP contribution in [-0.4, -0.2) is 46.4 Å². The summed E-state index contributed by atoms with van der Waals surface area (Å²) in [5, 5.41) is 5.68. The number of amides is 4. The number of nitrogens with zero attached hydrogens (tertiary/aromatic N) is 1. The zero-order valence-corrected chi connectivity index (χ0v) is 26.3. The molecule has 230 valence electrons.